The summed E-state index contributed by atoms with van der Waals surface area (Å²) in [5.41, 5.74) is 0.239. The van der Waals surface area contributed by atoms with Gasteiger partial charge in [0.05, 0.1) is 19.4 Å². The first-order valence-electron chi connectivity index (χ1n) is 6.55. The number of carbonyl (C=O) groups is 2. The summed E-state index contributed by atoms with van der Waals surface area (Å²) in [4.78, 5) is 23.4. The second kappa shape index (κ2) is 5.53. The lowest BCUT2D eigenvalue weighted by Crippen LogP contribution is -2.40. The van der Waals surface area contributed by atoms with Crippen LogP contribution in [0.1, 0.15) is 25.8 Å². The number of hydrogen-bond donors (Lipinski definition) is 1. The van der Waals surface area contributed by atoms with Crippen LogP contribution >= 0.6 is 0 Å². The topological polar surface area (TPSA) is 64.6 Å². The van der Waals surface area contributed by atoms with Crippen molar-refractivity contribution >= 4 is 11.9 Å². The molecule has 1 saturated heterocycles. The highest BCUT2D eigenvalue weighted by Crippen LogP contribution is 2.32. The number of carbonyl (C=O) groups excluding carboxylic acids is 2. The van der Waals surface area contributed by atoms with Crippen LogP contribution in [0, 0.1) is 5.92 Å². The van der Waals surface area contributed by atoms with Gasteiger partial charge in [0.15, 0.2) is 0 Å². The molecule has 108 valence electrons. The van der Waals surface area contributed by atoms with Crippen molar-refractivity contribution in [1.29, 1.82) is 0 Å². The molecule has 0 bridgehead atoms. The van der Waals surface area contributed by atoms with E-state index >= 15 is 0 Å². The van der Waals surface area contributed by atoms with E-state index < -0.39 is 11.5 Å². The minimum atomic E-state index is -0.735. The van der Waals surface area contributed by atoms with E-state index in [-0.39, 0.29) is 18.3 Å². The average molecular weight is 277 g/mol. The smallest absolute Gasteiger partial charge is 0.307 e. The lowest BCUT2D eigenvalue weighted by molar-refractivity contribution is -0.147. The molecule has 0 radical (unpaired) electrons. The van der Waals surface area contributed by atoms with E-state index in [4.69, 9.17) is 9.47 Å². The van der Waals surface area contributed by atoms with Crippen molar-refractivity contribution in [3.8, 4) is 5.75 Å². The highest BCUT2D eigenvalue weighted by molar-refractivity contribution is 5.87. The number of benzene rings is 1. The first-order valence-corrected chi connectivity index (χ1v) is 6.55. The van der Waals surface area contributed by atoms with E-state index in [0.29, 0.717) is 6.54 Å². The Labute approximate surface area is 118 Å². The van der Waals surface area contributed by atoms with Crippen molar-refractivity contribution in [3.63, 3.8) is 0 Å². The molecule has 0 aliphatic carbocycles. The van der Waals surface area contributed by atoms with Crippen LogP contribution in [-0.2, 0) is 20.9 Å². The molecule has 0 aromatic heterocycles. The summed E-state index contributed by atoms with van der Waals surface area (Å²) in [5.74, 6) is -0.138. The zero-order chi connectivity index (χ0) is 14.8. The third-order valence-corrected chi connectivity index (χ3v) is 3.53. The number of amides is 1. The maximum absolute atomic E-state index is 12.1. The predicted molar refractivity (Wildman–Crippen MR) is 73.1 cm³/mol. The molecular weight excluding hydrogens is 258 g/mol. The summed E-state index contributed by atoms with van der Waals surface area (Å²) < 4.78 is 10.2. The largest absolute Gasteiger partial charge is 0.497 e. The molecule has 1 heterocycles. The molecule has 20 heavy (non-hydrogen) atoms. The molecule has 1 aliphatic rings. The van der Waals surface area contributed by atoms with E-state index in [1.807, 2.05) is 24.3 Å². The second-order valence-electron chi connectivity index (χ2n) is 5.40. The molecule has 1 atom stereocenters. The maximum atomic E-state index is 12.1. The van der Waals surface area contributed by atoms with Crippen LogP contribution in [0.15, 0.2) is 24.3 Å². The van der Waals surface area contributed by atoms with E-state index in [2.05, 4.69) is 5.32 Å². The van der Waals surface area contributed by atoms with Gasteiger partial charge in [-0.3, -0.25) is 9.59 Å². The molecule has 1 aromatic rings. The SMILES string of the molecule is COc1ccc(CNC(=O)[C@H]2CC(=O)OC2(C)C)cc1. The van der Waals surface area contributed by atoms with Gasteiger partial charge in [-0.2, -0.15) is 0 Å². The zero-order valence-electron chi connectivity index (χ0n) is 11.9. The van der Waals surface area contributed by atoms with Gasteiger partial charge in [0.2, 0.25) is 5.91 Å². The van der Waals surface area contributed by atoms with Crippen molar-refractivity contribution in [1.82, 2.24) is 5.32 Å². The van der Waals surface area contributed by atoms with Crippen molar-refractivity contribution < 1.29 is 19.1 Å². The molecule has 2 rings (SSSR count). The number of hydrogen-bond acceptors (Lipinski definition) is 4. The lowest BCUT2D eigenvalue weighted by Gasteiger charge is -2.23. The van der Waals surface area contributed by atoms with Crippen LogP contribution in [0.25, 0.3) is 0 Å². The van der Waals surface area contributed by atoms with Crippen molar-refractivity contribution in [2.45, 2.75) is 32.4 Å². The number of methoxy groups -OCH3 is 1. The number of rotatable bonds is 4. The van der Waals surface area contributed by atoms with Crippen LogP contribution in [-0.4, -0.2) is 24.6 Å². The van der Waals surface area contributed by atoms with Gasteiger partial charge in [-0.15, -0.1) is 0 Å². The molecule has 1 amide bonds. The van der Waals surface area contributed by atoms with Crippen molar-refractivity contribution in [3.05, 3.63) is 29.8 Å². The number of esters is 1. The van der Waals surface area contributed by atoms with Gasteiger partial charge in [0.1, 0.15) is 11.4 Å². The number of nitrogens with one attached hydrogen (secondary N) is 1. The van der Waals surface area contributed by atoms with Gasteiger partial charge >= 0.3 is 5.97 Å². The molecule has 0 saturated carbocycles. The van der Waals surface area contributed by atoms with E-state index in [1.165, 1.54) is 0 Å². The van der Waals surface area contributed by atoms with E-state index in [1.54, 1.807) is 21.0 Å². The Bertz CT molecular complexity index is 507. The van der Waals surface area contributed by atoms with Gasteiger partial charge in [-0.1, -0.05) is 12.1 Å². The minimum absolute atomic E-state index is 0.140. The van der Waals surface area contributed by atoms with Crippen LogP contribution < -0.4 is 10.1 Å². The fourth-order valence-electron chi connectivity index (χ4n) is 2.28. The van der Waals surface area contributed by atoms with Gasteiger partial charge in [-0.25, -0.2) is 0 Å². The van der Waals surface area contributed by atoms with E-state index in [9.17, 15) is 9.59 Å². The first kappa shape index (κ1) is 14.4. The van der Waals surface area contributed by atoms with Gasteiger partial charge in [-0.05, 0) is 31.5 Å². The van der Waals surface area contributed by atoms with Crippen molar-refractivity contribution in [2.75, 3.05) is 7.11 Å². The highest BCUT2D eigenvalue weighted by Gasteiger charge is 2.45. The van der Waals surface area contributed by atoms with Crippen molar-refractivity contribution in [2.24, 2.45) is 5.92 Å². The molecule has 1 aromatic carbocycles. The monoisotopic (exact) mass is 277 g/mol. The average Bonchev–Trinajstić information content (AvgIpc) is 2.69. The Morgan fingerprint density at radius 2 is 2.05 bits per heavy atom. The fourth-order valence-corrected chi connectivity index (χ4v) is 2.28. The van der Waals surface area contributed by atoms with Gasteiger partial charge < -0.3 is 14.8 Å². The first-order chi connectivity index (χ1) is 9.42. The third-order valence-electron chi connectivity index (χ3n) is 3.53. The zero-order valence-corrected chi connectivity index (χ0v) is 11.9. The Morgan fingerprint density at radius 3 is 2.55 bits per heavy atom. The third kappa shape index (κ3) is 3.10. The normalized spacial score (nSPS) is 20.4. The fraction of sp³-hybridized carbons (Fsp3) is 0.467. The summed E-state index contributed by atoms with van der Waals surface area (Å²) in [6.45, 7) is 3.94. The molecule has 5 nitrogen and oxygen atoms in total. The van der Waals surface area contributed by atoms with Crippen LogP contribution in [0.5, 0.6) is 5.75 Å². The second-order valence-corrected chi connectivity index (χ2v) is 5.40. The molecule has 5 heteroatoms. The summed E-state index contributed by atoms with van der Waals surface area (Å²) in [7, 11) is 1.61. The van der Waals surface area contributed by atoms with Gasteiger partial charge in [0, 0.05) is 6.54 Å². The molecule has 0 spiro atoms. The Balaban J connectivity index is 1.93. The number of cyclic esters (lactones) is 1. The van der Waals surface area contributed by atoms with E-state index in [0.717, 1.165) is 11.3 Å². The van der Waals surface area contributed by atoms with Crippen LogP contribution in [0.3, 0.4) is 0 Å². The quantitative estimate of drug-likeness (QED) is 0.850. The molecule has 1 fully saturated rings. The maximum Gasteiger partial charge on any atom is 0.307 e. The standard InChI is InChI=1S/C15H19NO4/c1-15(2)12(8-13(17)20-15)14(18)16-9-10-4-6-11(19-3)7-5-10/h4-7,12H,8-9H2,1-3H3,(H,16,18)/t12-/m1/s1. The van der Waals surface area contributed by atoms with Crippen LogP contribution in [0.2, 0.25) is 0 Å². The Kier molecular flexibility index (Phi) is 3.97. The summed E-state index contributed by atoms with van der Waals surface area (Å²) in [5, 5.41) is 2.84. The minimum Gasteiger partial charge on any atom is -0.497 e. The summed E-state index contributed by atoms with van der Waals surface area (Å²) in [6.07, 6.45) is 0.140. The van der Waals surface area contributed by atoms with Crippen LogP contribution in [0.4, 0.5) is 0 Å². The Hall–Kier alpha value is -2.04. The number of ether oxygens (including phenoxy) is 2. The Morgan fingerprint density at radius 1 is 1.40 bits per heavy atom. The molecule has 1 aliphatic heterocycles. The molecule has 1 N–H and O–H groups in total. The van der Waals surface area contributed by atoms with Gasteiger partial charge in [0.25, 0.3) is 0 Å². The summed E-state index contributed by atoms with van der Waals surface area (Å²) in [6, 6.07) is 7.46. The highest BCUT2D eigenvalue weighted by atomic mass is 16.6. The molecular formula is C15H19NO4. The molecule has 0 unspecified atom stereocenters. The predicted octanol–water partition coefficient (Wildman–Crippen LogP) is 1.65. The lowest BCUT2D eigenvalue weighted by atomic mass is 9.90. The summed E-state index contributed by atoms with van der Waals surface area (Å²) >= 11 is 0.